The fourth-order valence-electron chi connectivity index (χ4n) is 7.56. The van der Waals surface area contributed by atoms with E-state index in [0.29, 0.717) is 5.82 Å². The number of aromatic nitrogens is 2. The van der Waals surface area contributed by atoms with Gasteiger partial charge in [0.2, 0.25) is 0 Å². The minimum Gasteiger partial charge on any atom is -0.456 e. The molecule has 0 bridgehead atoms. The average molecular weight is 677 g/mol. The Labute approximate surface area is 307 Å². The van der Waals surface area contributed by atoms with E-state index in [1.54, 1.807) is 0 Å². The van der Waals surface area contributed by atoms with Crippen LogP contribution in [-0.4, -0.2) is 9.97 Å². The SMILES string of the molecule is c1ccc(-c2cc(-c3ccc4oc5ccc6ccccc6c5c4c3)c(-c3ccccc3)c(-c3nc(-c4ccccc4)cc(-c4ccccc4)n3)c2)cc1. The molecule has 8 aromatic carbocycles. The van der Waals surface area contributed by atoms with Gasteiger partial charge in [0.25, 0.3) is 0 Å². The van der Waals surface area contributed by atoms with Gasteiger partial charge in [0.1, 0.15) is 11.2 Å². The third kappa shape index (κ3) is 5.56. The molecule has 0 atom stereocenters. The molecule has 3 nitrogen and oxygen atoms in total. The van der Waals surface area contributed by atoms with Crippen molar-refractivity contribution in [1.82, 2.24) is 9.97 Å². The van der Waals surface area contributed by atoms with Crippen molar-refractivity contribution in [2.75, 3.05) is 0 Å². The van der Waals surface area contributed by atoms with Crippen molar-refractivity contribution in [3.63, 3.8) is 0 Å². The Bertz CT molecular complexity index is 2860. The quantitative estimate of drug-likeness (QED) is 0.176. The number of nitrogens with zero attached hydrogens (tertiary/aromatic N) is 2. The summed E-state index contributed by atoms with van der Waals surface area (Å²) in [6, 6.07) is 68.0. The van der Waals surface area contributed by atoms with Crippen LogP contribution in [-0.2, 0) is 0 Å². The Kier molecular flexibility index (Phi) is 7.47. The second kappa shape index (κ2) is 12.9. The highest BCUT2D eigenvalue weighted by Crippen LogP contribution is 2.45. The van der Waals surface area contributed by atoms with Gasteiger partial charge < -0.3 is 4.42 Å². The third-order valence-corrected chi connectivity index (χ3v) is 10.1. The first-order valence-corrected chi connectivity index (χ1v) is 17.9. The van der Waals surface area contributed by atoms with Crippen molar-refractivity contribution in [2.45, 2.75) is 0 Å². The number of rotatable bonds is 6. The van der Waals surface area contributed by atoms with Crippen LogP contribution < -0.4 is 0 Å². The van der Waals surface area contributed by atoms with E-state index in [4.69, 9.17) is 14.4 Å². The summed E-state index contributed by atoms with van der Waals surface area (Å²) in [4.78, 5) is 10.7. The molecule has 53 heavy (non-hydrogen) atoms. The maximum Gasteiger partial charge on any atom is 0.161 e. The molecule has 248 valence electrons. The molecule has 0 spiro atoms. The number of hydrogen-bond donors (Lipinski definition) is 0. The summed E-state index contributed by atoms with van der Waals surface area (Å²) >= 11 is 0. The molecule has 10 rings (SSSR count). The number of furan rings is 1. The molecule has 0 N–H and O–H groups in total. The highest BCUT2D eigenvalue weighted by atomic mass is 16.3. The standard InChI is InChI=1S/C50H32N2O/c1-5-15-33(16-6-1)39-30-41(38-26-27-46-42(29-38)49-40-24-14-13-17-34(40)25-28-47(49)53-46)48(37-22-11-4-12-23-37)43(31-39)50-51-44(35-18-7-2-8-19-35)32-45(52-50)36-20-9-3-10-21-36/h1-32H. The van der Waals surface area contributed by atoms with Gasteiger partial charge in [0, 0.05) is 33.0 Å². The second-order valence-electron chi connectivity index (χ2n) is 13.3. The van der Waals surface area contributed by atoms with Gasteiger partial charge in [-0.15, -0.1) is 0 Å². The summed E-state index contributed by atoms with van der Waals surface area (Å²) in [7, 11) is 0. The lowest BCUT2D eigenvalue weighted by Gasteiger charge is -2.19. The van der Waals surface area contributed by atoms with E-state index >= 15 is 0 Å². The van der Waals surface area contributed by atoms with E-state index in [9.17, 15) is 0 Å². The maximum absolute atomic E-state index is 6.44. The molecule has 0 radical (unpaired) electrons. The summed E-state index contributed by atoms with van der Waals surface area (Å²) in [5.74, 6) is 0.670. The highest BCUT2D eigenvalue weighted by Gasteiger charge is 2.21. The highest BCUT2D eigenvalue weighted by molar-refractivity contribution is 6.19. The van der Waals surface area contributed by atoms with Gasteiger partial charge in [-0.2, -0.15) is 0 Å². The first-order chi connectivity index (χ1) is 26.3. The Hall–Kier alpha value is -7.10. The monoisotopic (exact) mass is 676 g/mol. The van der Waals surface area contributed by atoms with Crippen LogP contribution in [0.25, 0.3) is 100.0 Å². The predicted octanol–water partition coefficient (Wildman–Crippen LogP) is 13.5. The lowest BCUT2D eigenvalue weighted by atomic mass is 9.86. The van der Waals surface area contributed by atoms with E-state index in [1.807, 2.05) is 12.1 Å². The second-order valence-corrected chi connectivity index (χ2v) is 13.3. The van der Waals surface area contributed by atoms with Crippen molar-refractivity contribution in [3.8, 4) is 67.3 Å². The predicted molar refractivity (Wildman–Crippen MR) is 219 cm³/mol. The molecule has 3 heteroatoms. The van der Waals surface area contributed by atoms with Crippen LogP contribution in [0.1, 0.15) is 0 Å². The normalized spacial score (nSPS) is 11.4. The van der Waals surface area contributed by atoms with E-state index in [0.717, 1.165) is 83.4 Å². The van der Waals surface area contributed by atoms with E-state index in [1.165, 1.54) is 10.8 Å². The molecule has 10 aromatic rings. The molecule has 0 aliphatic rings. The van der Waals surface area contributed by atoms with Gasteiger partial charge in [0.05, 0.1) is 11.4 Å². The third-order valence-electron chi connectivity index (χ3n) is 10.1. The van der Waals surface area contributed by atoms with Crippen molar-refractivity contribution in [1.29, 1.82) is 0 Å². The zero-order valence-corrected chi connectivity index (χ0v) is 28.8. The Morgan fingerprint density at radius 1 is 0.340 bits per heavy atom. The molecule has 0 saturated heterocycles. The summed E-state index contributed by atoms with van der Waals surface area (Å²) in [6.07, 6.45) is 0. The van der Waals surface area contributed by atoms with Gasteiger partial charge in [-0.3, -0.25) is 0 Å². The summed E-state index contributed by atoms with van der Waals surface area (Å²) < 4.78 is 6.44. The molecule has 2 aromatic heterocycles. The van der Waals surface area contributed by atoms with Crippen LogP contribution in [0, 0.1) is 0 Å². The summed E-state index contributed by atoms with van der Waals surface area (Å²) in [5, 5.41) is 4.60. The molecule has 0 aliphatic heterocycles. The van der Waals surface area contributed by atoms with Crippen molar-refractivity contribution in [3.05, 3.63) is 194 Å². The van der Waals surface area contributed by atoms with E-state index < -0.39 is 0 Å². The average Bonchev–Trinajstić information content (AvgIpc) is 3.63. The Morgan fingerprint density at radius 3 is 1.55 bits per heavy atom. The van der Waals surface area contributed by atoms with Crippen molar-refractivity contribution >= 4 is 32.7 Å². The Balaban J connectivity index is 1.30. The molecular formula is C50H32N2O. The van der Waals surface area contributed by atoms with Crippen molar-refractivity contribution < 1.29 is 4.42 Å². The maximum atomic E-state index is 6.44. The Morgan fingerprint density at radius 2 is 0.887 bits per heavy atom. The molecule has 0 fully saturated rings. The fraction of sp³-hybridized carbons (Fsp3) is 0. The minimum atomic E-state index is 0.670. The molecule has 0 saturated carbocycles. The summed E-state index contributed by atoms with van der Waals surface area (Å²) in [5.41, 5.74) is 13.1. The first-order valence-electron chi connectivity index (χ1n) is 17.9. The molecule has 0 amide bonds. The lowest BCUT2D eigenvalue weighted by Crippen LogP contribution is -1.99. The molecular weight excluding hydrogens is 645 g/mol. The zero-order valence-electron chi connectivity index (χ0n) is 28.8. The first kappa shape index (κ1) is 30.7. The number of fused-ring (bicyclic) bond motifs is 5. The van der Waals surface area contributed by atoms with Crippen LogP contribution >= 0.6 is 0 Å². The number of hydrogen-bond acceptors (Lipinski definition) is 3. The molecule has 2 heterocycles. The van der Waals surface area contributed by atoms with Gasteiger partial charge in [-0.25, -0.2) is 9.97 Å². The van der Waals surface area contributed by atoms with Crippen LogP contribution in [0.4, 0.5) is 0 Å². The smallest absolute Gasteiger partial charge is 0.161 e. The lowest BCUT2D eigenvalue weighted by molar-refractivity contribution is 0.669. The molecule has 0 unspecified atom stereocenters. The van der Waals surface area contributed by atoms with Gasteiger partial charge in [-0.05, 0) is 75.0 Å². The van der Waals surface area contributed by atoms with Crippen molar-refractivity contribution in [2.24, 2.45) is 0 Å². The zero-order chi connectivity index (χ0) is 35.1. The fourth-order valence-corrected chi connectivity index (χ4v) is 7.56. The van der Waals surface area contributed by atoms with E-state index in [2.05, 4.69) is 182 Å². The largest absolute Gasteiger partial charge is 0.456 e. The minimum absolute atomic E-state index is 0.670. The van der Waals surface area contributed by atoms with Crippen LogP contribution in [0.3, 0.4) is 0 Å². The molecule has 0 aliphatic carbocycles. The van der Waals surface area contributed by atoms with Gasteiger partial charge >= 0.3 is 0 Å². The number of benzene rings is 8. The van der Waals surface area contributed by atoms with Gasteiger partial charge in [0.15, 0.2) is 5.82 Å². The van der Waals surface area contributed by atoms with Gasteiger partial charge in [-0.1, -0.05) is 158 Å². The topological polar surface area (TPSA) is 38.9 Å². The summed E-state index contributed by atoms with van der Waals surface area (Å²) in [6.45, 7) is 0. The van der Waals surface area contributed by atoms with Crippen LogP contribution in [0.2, 0.25) is 0 Å². The van der Waals surface area contributed by atoms with Crippen LogP contribution in [0.5, 0.6) is 0 Å². The van der Waals surface area contributed by atoms with E-state index in [-0.39, 0.29) is 0 Å². The van der Waals surface area contributed by atoms with Crippen LogP contribution in [0.15, 0.2) is 199 Å².